The molecule has 23 heavy (non-hydrogen) atoms. The summed E-state index contributed by atoms with van der Waals surface area (Å²) in [4.78, 5) is 14.4. The number of para-hydroxylation sites is 1. The van der Waals surface area contributed by atoms with E-state index < -0.39 is 0 Å². The highest BCUT2D eigenvalue weighted by atomic mass is 16.5. The van der Waals surface area contributed by atoms with Crippen LogP contribution in [0.25, 0.3) is 0 Å². The van der Waals surface area contributed by atoms with E-state index in [1.807, 2.05) is 36.9 Å². The molecule has 1 amide bonds. The average Bonchev–Trinajstić information content (AvgIpc) is 2.84. The molecule has 3 heterocycles. The van der Waals surface area contributed by atoms with Crippen molar-refractivity contribution in [2.75, 3.05) is 19.7 Å². The Balaban J connectivity index is 1.41. The minimum atomic E-state index is 0.0861. The largest absolute Gasteiger partial charge is 0.493 e. The number of aryl methyl sites for hydroxylation is 2. The van der Waals surface area contributed by atoms with Gasteiger partial charge < -0.3 is 14.2 Å². The second-order valence-electron chi connectivity index (χ2n) is 6.80. The van der Waals surface area contributed by atoms with Crippen LogP contribution in [0.1, 0.15) is 22.6 Å². The van der Waals surface area contributed by atoms with E-state index in [0.717, 1.165) is 42.3 Å². The molecule has 1 spiro atoms. The van der Waals surface area contributed by atoms with Crippen molar-refractivity contribution in [3.8, 4) is 5.75 Å². The van der Waals surface area contributed by atoms with E-state index >= 15 is 0 Å². The summed E-state index contributed by atoms with van der Waals surface area (Å²) in [6.45, 7) is 5.96. The number of ether oxygens (including phenoxy) is 1. The van der Waals surface area contributed by atoms with Gasteiger partial charge in [-0.2, -0.15) is 0 Å². The SMILES string of the molecule is Cc1noc(C)c1CC(=O)N1CC2(COc3ccccc3C2)C1. The summed E-state index contributed by atoms with van der Waals surface area (Å²) in [6.07, 6.45) is 1.35. The van der Waals surface area contributed by atoms with Gasteiger partial charge in [0.1, 0.15) is 11.5 Å². The molecule has 0 aliphatic carbocycles. The van der Waals surface area contributed by atoms with E-state index in [0.29, 0.717) is 13.0 Å². The van der Waals surface area contributed by atoms with E-state index in [9.17, 15) is 4.79 Å². The lowest BCUT2D eigenvalue weighted by Crippen LogP contribution is -2.63. The normalized spacial score (nSPS) is 18.3. The molecule has 1 aromatic carbocycles. The van der Waals surface area contributed by atoms with Gasteiger partial charge in [0.25, 0.3) is 0 Å². The molecular weight excluding hydrogens is 292 g/mol. The molecule has 0 unspecified atom stereocenters. The van der Waals surface area contributed by atoms with E-state index in [2.05, 4.69) is 11.2 Å². The van der Waals surface area contributed by atoms with E-state index in [1.165, 1.54) is 5.56 Å². The van der Waals surface area contributed by atoms with Gasteiger partial charge in [-0.15, -0.1) is 0 Å². The lowest BCUT2D eigenvalue weighted by molar-refractivity contribution is -0.145. The number of hydrogen-bond donors (Lipinski definition) is 0. The van der Waals surface area contributed by atoms with Gasteiger partial charge in [0.15, 0.2) is 0 Å². The molecule has 2 aliphatic heterocycles. The second kappa shape index (κ2) is 5.11. The van der Waals surface area contributed by atoms with Gasteiger partial charge in [-0.05, 0) is 31.9 Å². The first-order chi connectivity index (χ1) is 11.1. The molecular formula is C18H20N2O3. The van der Waals surface area contributed by atoms with Crippen LogP contribution in [0.2, 0.25) is 0 Å². The second-order valence-corrected chi connectivity index (χ2v) is 6.80. The molecule has 0 N–H and O–H groups in total. The number of carbonyl (C=O) groups excluding carboxylic acids is 1. The third kappa shape index (κ3) is 2.40. The van der Waals surface area contributed by atoms with Crippen molar-refractivity contribution in [2.24, 2.45) is 5.41 Å². The first-order valence-corrected chi connectivity index (χ1v) is 7.97. The maximum atomic E-state index is 12.5. The number of benzene rings is 1. The van der Waals surface area contributed by atoms with Crippen molar-refractivity contribution in [3.05, 3.63) is 46.8 Å². The number of aromatic nitrogens is 1. The minimum Gasteiger partial charge on any atom is -0.493 e. The Morgan fingerprint density at radius 1 is 1.30 bits per heavy atom. The van der Waals surface area contributed by atoms with Gasteiger partial charge in [-0.25, -0.2) is 0 Å². The fourth-order valence-corrected chi connectivity index (χ4v) is 3.64. The number of likely N-dealkylation sites (tertiary alicyclic amines) is 1. The first-order valence-electron chi connectivity index (χ1n) is 7.97. The summed E-state index contributed by atoms with van der Waals surface area (Å²) in [5.41, 5.74) is 3.06. The highest BCUT2D eigenvalue weighted by Gasteiger charge is 2.48. The lowest BCUT2D eigenvalue weighted by atomic mass is 9.74. The fourth-order valence-electron chi connectivity index (χ4n) is 3.64. The maximum absolute atomic E-state index is 12.5. The van der Waals surface area contributed by atoms with E-state index in [4.69, 9.17) is 9.26 Å². The lowest BCUT2D eigenvalue weighted by Gasteiger charge is -2.51. The van der Waals surface area contributed by atoms with Crippen molar-refractivity contribution < 1.29 is 14.1 Å². The molecule has 2 aliphatic rings. The highest BCUT2D eigenvalue weighted by Crippen LogP contribution is 2.41. The highest BCUT2D eigenvalue weighted by molar-refractivity contribution is 5.80. The smallest absolute Gasteiger partial charge is 0.227 e. The monoisotopic (exact) mass is 312 g/mol. The quantitative estimate of drug-likeness (QED) is 0.854. The number of carbonyl (C=O) groups is 1. The van der Waals surface area contributed by atoms with Crippen LogP contribution in [0.4, 0.5) is 0 Å². The van der Waals surface area contributed by atoms with Crippen LogP contribution in [0.5, 0.6) is 5.75 Å². The minimum absolute atomic E-state index is 0.0861. The molecule has 0 saturated carbocycles. The average molecular weight is 312 g/mol. The van der Waals surface area contributed by atoms with Crippen LogP contribution in [-0.4, -0.2) is 35.7 Å². The van der Waals surface area contributed by atoms with E-state index in [1.54, 1.807) is 0 Å². The van der Waals surface area contributed by atoms with Gasteiger partial charge in [0, 0.05) is 24.1 Å². The predicted octanol–water partition coefficient (Wildman–Crippen LogP) is 2.30. The Hall–Kier alpha value is -2.30. The standard InChI is InChI=1S/C18H20N2O3/c1-12-15(13(2)23-19-12)7-17(21)20-9-18(10-20)8-14-5-3-4-6-16(14)22-11-18/h3-6H,7-11H2,1-2H3. The zero-order valence-electron chi connectivity index (χ0n) is 13.5. The Kier molecular flexibility index (Phi) is 3.18. The summed E-state index contributed by atoms with van der Waals surface area (Å²) < 4.78 is 11.0. The molecule has 5 nitrogen and oxygen atoms in total. The molecule has 4 rings (SSSR count). The van der Waals surface area contributed by atoms with Gasteiger partial charge in [-0.3, -0.25) is 4.79 Å². The molecule has 1 aromatic heterocycles. The predicted molar refractivity (Wildman–Crippen MR) is 84.3 cm³/mol. The summed E-state index contributed by atoms with van der Waals surface area (Å²) >= 11 is 0. The summed E-state index contributed by atoms with van der Waals surface area (Å²) in [5, 5.41) is 3.92. The maximum Gasteiger partial charge on any atom is 0.227 e. The van der Waals surface area contributed by atoms with Crippen molar-refractivity contribution in [2.45, 2.75) is 26.7 Å². The summed E-state index contributed by atoms with van der Waals surface area (Å²) in [7, 11) is 0. The Labute approximate surface area is 135 Å². The zero-order valence-corrected chi connectivity index (χ0v) is 13.5. The van der Waals surface area contributed by atoms with Crippen LogP contribution >= 0.6 is 0 Å². The van der Waals surface area contributed by atoms with Gasteiger partial charge in [0.05, 0.1) is 18.7 Å². The number of fused-ring (bicyclic) bond motifs is 1. The van der Waals surface area contributed by atoms with E-state index in [-0.39, 0.29) is 11.3 Å². The Bertz CT molecular complexity index is 740. The Morgan fingerprint density at radius 3 is 2.83 bits per heavy atom. The molecule has 5 heteroatoms. The van der Waals surface area contributed by atoms with Gasteiger partial charge in [0.2, 0.25) is 5.91 Å². The number of amides is 1. The van der Waals surface area contributed by atoms with Crippen LogP contribution < -0.4 is 4.74 Å². The molecule has 0 atom stereocenters. The Morgan fingerprint density at radius 2 is 2.09 bits per heavy atom. The van der Waals surface area contributed by atoms with Crippen LogP contribution in [0, 0.1) is 19.3 Å². The van der Waals surface area contributed by atoms with Crippen molar-refractivity contribution in [1.29, 1.82) is 0 Å². The molecule has 1 saturated heterocycles. The first kappa shape index (κ1) is 14.3. The molecule has 120 valence electrons. The summed E-state index contributed by atoms with van der Waals surface area (Å²) in [6, 6.07) is 8.17. The fraction of sp³-hybridized carbons (Fsp3) is 0.444. The number of nitrogens with zero attached hydrogens (tertiary/aromatic N) is 2. The van der Waals surface area contributed by atoms with Gasteiger partial charge in [-0.1, -0.05) is 23.4 Å². The van der Waals surface area contributed by atoms with Crippen molar-refractivity contribution >= 4 is 5.91 Å². The van der Waals surface area contributed by atoms with Crippen LogP contribution in [-0.2, 0) is 17.6 Å². The molecule has 2 aromatic rings. The zero-order chi connectivity index (χ0) is 16.0. The number of rotatable bonds is 2. The molecule has 0 radical (unpaired) electrons. The molecule has 0 bridgehead atoms. The van der Waals surface area contributed by atoms with Crippen molar-refractivity contribution in [3.63, 3.8) is 0 Å². The summed E-state index contributed by atoms with van der Waals surface area (Å²) in [5.74, 6) is 1.86. The van der Waals surface area contributed by atoms with Gasteiger partial charge >= 0.3 is 0 Å². The molecule has 1 fully saturated rings. The third-order valence-corrected chi connectivity index (χ3v) is 4.99. The van der Waals surface area contributed by atoms with Crippen LogP contribution in [0.3, 0.4) is 0 Å². The van der Waals surface area contributed by atoms with Crippen molar-refractivity contribution in [1.82, 2.24) is 10.1 Å². The van der Waals surface area contributed by atoms with Crippen LogP contribution in [0.15, 0.2) is 28.8 Å². The third-order valence-electron chi connectivity index (χ3n) is 4.99. The topological polar surface area (TPSA) is 55.6 Å². The number of hydrogen-bond acceptors (Lipinski definition) is 4.